The zero-order valence-corrected chi connectivity index (χ0v) is 10.0. The van der Waals surface area contributed by atoms with E-state index in [1.165, 1.54) is 25.3 Å². The lowest BCUT2D eigenvalue weighted by Crippen LogP contribution is -2.38. The number of nitrogens with one attached hydrogen (secondary N) is 2. The van der Waals surface area contributed by atoms with Crippen LogP contribution in [0.15, 0.2) is 18.2 Å². The highest BCUT2D eigenvalue weighted by Crippen LogP contribution is 2.33. The van der Waals surface area contributed by atoms with Crippen LogP contribution in [0.25, 0.3) is 0 Å². The Kier molecular flexibility index (Phi) is 3.02. The first kappa shape index (κ1) is 11.0. The molecule has 17 heavy (non-hydrogen) atoms. The van der Waals surface area contributed by atoms with Gasteiger partial charge in [0.25, 0.3) is 0 Å². The van der Waals surface area contributed by atoms with Crippen LogP contribution >= 0.6 is 0 Å². The zero-order valence-electron chi connectivity index (χ0n) is 10.0. The van der Waals surface area contributed by atoms with E-state index in [0.717, 1.165) is 30.8 Å². The summed E-state index contributed by atoms with van der Waals surface area (Å²) in [5.41, 5.74) is 1.86. The van der Waals surface area contributed by atoms with E-state index in [9.17, 15) is 4.39 Å². The van der Waals surface area contributed by atoms with Crippen LogP contribution < -0.4 is 10.6 Å². The molecule has 2 aliphatic rings. The van der Waals surface area contributed by atoms with Crippen molar-refractivity contribution in [3.05, 3.63) is 29.6 Å². The molecule has 1 heterocycles. The molecular formula is C14H19FN2. The first-order chi connectivity index (χ1) is 8.34. The molecule has 3 heteroatoms. The van der Waals surface area contributed by atoms with Crippen molar-refractivity contribution in [3.8, 4) is 0 Å². The van der Waals surface area contributed by atoms with Gasteiger partial charge in [-0.15, -0.1) is 0 Å². The van der Waals surface area contributed by atoms with Gasteiger partial charge in [-0.3, -0.25) is 0 Å². The molecule has 1 aromatic rings. The minimum absolute atomic E-state index is 0.115. The Balaban J connectivity index is 1.72. The van der Waals surface area contributed by atoms with Gasteiger partial charge in [0.1, 0.15) is 5.82 Å². The van der Waals surface area contributed by atoms with Gasteiger partial charge in [-0.2, -0.15) is 0 Å². The third kappa shape index (κ3) is 2.16. The van der Waals surface area contributed by atoms with E-state index >= 15 is 0 Å². The molecule has 2 nitrogen and oxygen atoms in total. The fourth-order valence-electron chi connectivity index (χ4n) is 2.73. The molecule has 0 saturated heterocycles. The maximum absolute atomic E-state index is 13.6. The van der Waals surface area contributed by atoms with E-state index in [0.29, 0.717) is 12.0 Å². The second kappa shape index (κ2) is 4.65. The molecule has 1 aliphatic carbocycles. The van der Waals surface area contributed by atoms with E-state index in [4.69, 9.17) is 0 Å². The number of anilines is 1. The predicted octanol–water partition coefficient (Wildman–Crippen LogP) is 2.87. The molecule has 0 aromatic heterocycles. The molecule has 1 saturated carbocycles. The third-order valence-electron chi connectivity index (χ3n) is 4.04. The van der Waals surface area contributed by atoms with E-state index in [2.05, 4.69) is 16.7 Å². The molecule has 0 spiro atoms. The molecule has 1 unspecified atom stereocenters. The molecule has 2 N–H and O–H groups in total. The lowest BCUT2D eigenvalue weighted by atomic mass is 9.88. The van der Waals surface area contributed by atoms with Crippen molar-refractivity contribution in [3.63, 3.8) is 0 Å². The van der Waals surface area contributed by atoms with E-state index < -0.39 is 0 Å². The highest BCUT2D eigenvalue weighted by atomic mass is 19.1. The van der Waals surface area contributed by atoms with Crippen LogP contribution in [0.2, 0.25) is 0 Å². The minimum atomic E-state index is -0.115. The van der Waals surface area contributed by atoms with Crippen LogP contribution in [-0.4, -0.2) is 19.1 Å². The van der Waals surface area contributed by atoms with Crippen molar-refractivity contribution in [1.29, 1.82) is 0 Å². The van der Waals surface area contributed by atoms with Crippen LogP contribution in [-0.2, 0) is 0 Å². The average Bonchev–Trinajstić information content (AvgIpc) is 2.28. The van der Waals surface area contributed by atoms with Crippen molar-refractivity contribution in [2.24, 2.45) is 0 Å². The summed E-state index contributed by atoms with van der Waals surface area (Å²) in [6.45, 7) is 1.87. The normalized spacial score (nSPS) is 23.7. The van der Waals surface area contributed by atoms with Crippen LogP contribution in [0.5, 0.6) is 0 Å². The molecule has 92 valence electrons. The smallest absolute Gasteiger partial charge is 0.146 e. The highest BCUT2D eigenvalue weighted by molar-refractivity contribution is 5.56. The van der Waals surface area contributed by atoms with Gasteiger partial charge >= 0.3 is 0 Å². The predicted molar refractivity (Wildman–Crippen MR) is 67.9 cm³/mol. The van der Waals surface area contributed by atoms with Gasteiger partial charge in [-0.05, 0) is 30.9 Å². The fourth-order valence-corrected chi connectivity index (χ4v) is 2.73. The van der Waals surface area contributed by atoms with Crippen LogP contribution in [0.1, 0.15) is 37.2 Å². The molecule has 0 radical (unpaired) electrons. The van der Waals surface area contributed by atoms with E-state index in [1.54, 1.807) is 0 Å². The summed E-state index contributed by atoms with van der Waals surface area (Å²) in [4.78, 5) is 0. The first-order valence-electron chi connectivity index (χ1n) is 6.60. The van der Waals surface area contributed by atoms with E-state index in [-0.39, 0.29) is 5.82 Å². The zero-order chi connectivity index (χ0) is 11.7. The largest absolute Gasteiger partial charge is 0.382 e. The molecule has 0 bridgehead atoms. The Morgan fingerprint density at radius 3 is 2.94 bits per heavy atom. The number of benzene rings is 1. The second-order valence-corrected chi connectivity index (χ2v) is 5.15. The minimum Gasteiger partial charge on any atom is -0.382 e. The lowest BCUT2D eigenvalue weighted by Gasteiger charge is -2.32. The average molecular weight is 234 g/mol. The maximum Gasteiger partial charge on any atom is 0.146 e. The van der Waals surface area contributed by atoms with Crippen molar-refractivity contribution in [1.82, 2.24) is 5.32 Å². The Morgan fingerprint density at radius 1 is 1.29 bits per heavy atom. The molecule has 1 atom stereocenters. The molecular weight excluding hydrogens is 215 g/mol. The molecule has 0 amide bonds. The van der Waals surface area contributed by atoms with Gasteiger partial charge in [0.15, 0.2) is 0 Å². The quantitative estimate of drug-likeness (QED) is 0.840. The number of halogens is 1. The van der Waals surface area contributed by atoms with Gasteiger partial charge in [0, 0.05) is 25.0 Å². The monoisotopic (exact) mass is 234 g/mol. The summed E-state index contributed by atoms with van der Waals surface area (Å²) in [5, 5.41) is 6.77. The number of fused-ring (bicyclic) bond motifs is 1. The summed E-state index contributed by atoms with van der Waals surface area (Å²) in [6, 6.07) is 6.12. The van der Waals surface area contributed by atoms with Gasteiger partial charge < -0.3 is 10.6 Å². The van der Waals surface area contributed by atoms with Gasteiger partial charge in [-0.25, -0.2) is 4.39 Å². The Hall–Kier alpha value is -1.09. The van der Waals surface area contributed by atoms with Crippen molar-refractivity contribution in [2.45, 2.75) is 37.6 Å². The molecule has 1 aliphatic heterocycles. The second-order valence-electron chi connectivity index (χ2n) is 5.15. The first-order valence-corrected chi connectivity index (χ1v) is 6.60. The van der Waals surface area contributed by atoms with Crippen molar-refractivity contribution >= 4 is 5.69 Å². The Labute approximate surface area is 102 Å². The van der Waals surface area contributed by atoms with Crippen LogP contribution in [0.4, 0.5) is 10.1 Å². The molecule has 1 aromatic carbocycles. The number of hydrogen-bond acceptors (Lipinski definition) is 2. The van der Waals surface area contributed by atoms with Crippen LogP contribution in [0.3, 0.4) is 0 Å². The summed E-state index contributed by atoms with van der Waals surface area (Å²) >= 11 is 0. The van der Waals surface area contributed by atoms with Gasteiger partial charge in [0.2, 0.25) is 0 Å². The third-order valence-corrected chi connectivity index (χ3v) is 4.04. The maximum atomic E-state index is 13.6. The topological polar surface area (TPSA) is 24.1 Å². The standard InChI is InChI=1S/C14H19FN2/c15-13-6-2-5-12-10(7-8-16-14(12)13)9-17-11-3-1-4-11/h2,5-6,10-11,16-17H,1,3-4,7-9H2. The van der Waals surface area contributed by atoms with Crippen LogP contribution in [0, 0.1) is 5.82 Å². The summed E-state index contributed by atoms with van der Waals surface area (Å²) < 4.78 is 13.6. The number of para-hydroxylation sites is 1. The molecule has 3 rings (SSSR count). The number of rotatable bonds is 3. The van der Waals surface area contributed by atoms with Gasteiger partial charge in [0.05, 0.1) is 5.69 Å². The Morgan fingerprint density at radius 2 is 2.18 bits per heavy atom. The SMILES string of the molecule is Fc1cccc2c1NCCC2CNC1CCC1. The Bertz CT molecular complexity index is 401. The fraction of sp³-hybridized carbons (Fsp3) is 0.571. The summed E-state index contributed by atoms with van der Waals surface area (Å²) in [5.74, 6) is 0.346. The van der Waals surface area contributed by atoms with Crippen molar-refractivity contribution in [2.75, 3.05) is 18.4 Å². The van der Waals surface area contributed by atoms with Crippen molar-refractivity contribution < 1.29 is 4.39 Å². The van der Waals surface area contributed by atoms with Gasteiger partial charge in [-0.1, -0.05) is 18.6 Å². The summed E-state index contributed by atoms with van der Waals surface area (Å²) in [7, 11) is 0. The lowest BCUT2D eigenvalue weighted by molar-refractivity contribution is 0.329. The number of hydrogen-bond donors (Lipinski definition) is 2. The highest BCUT2D eigenvalue weighted by Gasteiger charge is 2.24. The summed E-state index contributed by atoms with van der Waals surface area (Å²) in [6.07, 6.45) is 5.06. The van der Waals surface area contributed by atoms with E-state index in [1.807, 2.05) is 6.07 Å². The molecule has 1 fully saturated rings.